The minimum atomic E-state index is 0.533. The Balaban J connectivity index is 2.52. The summed E-state index contributed by atoms with van der Waals surface area (Å²) in [6.45, 7) is 6.54. The van der Waals surface area contributed by atoms with Crippen LogP contribution in [0.5, 0.6) is 0 Å². The Morgan fingerprint density at radius 1 is 1.18 bits per heavy atom. The summed E-state index contributed by atoms with van der Waals surface area (Å²) in [6, 6.07) is 10.6. The molecule has 0 aliphatic heterocycles. The van der Waals surface area contributed by atoms with Crippen molar-refractivity contribution in [3.63, 3.8) is 0 Å². The lowest BCUT2D eigenvalue weighted by Crippen LogP contribution is -2.25. The van der Waals surface area contributed by atoms with E-state index in [1.807, 2.05) is 0 Å². The first kappa shape index (κ1) is 13.8. The highest BCUT2D eigenvalue weighted by Gasteiger charge is 2.10. The molecule has 0 radical (unpaired) electrons. The van der Waals surface area contributed by atoms with Crippen LogP contribution in [-0.4, -0.2) is 13.1 Å². The van der Waals surface area contributed by atoms with E-state index in [2.05, 4.69) is 55.4 Å². The Morgan fingerprint density at radius 3 is 2.47 bits per heavy atom. The summed E-state index contributed by atoms with van der Waals surface area (Å²) in [7, 11) is 0. The molecule has 0 aliphatic carbocycles. The van der Waals surface area contributed by atoms with Crippen molar-refractivity contribution in [1.82, 2.24) is 5.32 Å². The molecule has 1 N–H and O–H groups in total. The lowest BCUT2D eigenvalue weighted by molar-refractivity contribution is 0.503. The maximum atomic E-state index is 5.36. The second-order valence-electron chi connectivity index (χ2n) is 4.90. The van der Waals surface area contributed by atoms with Crippen LogP contribution >= 0.6 is 0 Å². The van der Waals surface area contributed by atoms with Gasteiger partial charge >= 0.3 is 0 Å². The number of hydrogen-bond donors (Lipinski definition) is 1. The second-order valence-corrected chi connectivity index (χ2v) is 4.90. The van der Waals surface area contributed by atoms with Gasteiger partial charge in [-0.05, 0) is 30.4 Å². The lowest BCUT2D eigenvalue weighted by atomic mass is 9.94. The molecule has 0 fully saturated rings. The maximum Gasteiger partial charge on any atom is 0.00923 e. The van der Waals surface area contributed by atoms with E-state index in [1.54, 1.807) is 0 Å². The summed E-state index contributed by atoms with van der Waals surface area (Å²) in [5, 5.41) is 3.52. The fraction of sp³-hybridized carbons (Fsp3) is 0.500. The summed E-state index contributed by atoms with van der Waals surface area (Å²) in [4.78, 5) is 0. The van der Waals surface area contributed by atoms with E-state index in [9.17, 15) is 0 Å². The zero-order valence-corrected chi connectivity index (χ0v) is 10.9. The van der Waals surface area contributed by atoms with Gasteiger partial charge in [-0.2, -0.15) is 0 Å². The Labute approximate surface area is 106 Å². The van der Waals surface area contributed by atoms with E-state index >= 15 is 0 Å². The van der Waals surface area contributed by atoms with Crippen molar-refractivity contribution >= 4 is 0 Å². The van der Waals surface area contributed by atoms with Crippen LogP contribution in [0.4, 0.5) is 0 Å². The van der Waals surface area contributed by atoms with Crippen LogP contribution in [0.2, 0.25) is 0 Å². The Hall–Kier alpha value is -1.26. The predicted molar refractivity (Wildman–Crippen MR) is 75.0 cm³/mol. The van der Waals surface area contributed by atoms with Gasteiger partial charge in [0, 0.05) is 13.0 Å². The monoisotopic (exact) mass is 229 g/mol. The van der Waals surface area contributed by atoms with E-state index < -0.39 is 0 Å². The molecule has 1 nitrogen and oxygen atoms in total. The van der Waals surface area contributed by atoms with E-state index in [4.69, 9.17) is 6.42 Å². The first-order valence-electron chi connectivity index (χ1n) is 6.43. The number of benzene rings is 1. The normalized spacial score (nSPS) is 12.4. The van der Waals surface area contributed by atoms with Gasteiger partial charge in [-0.15, -0.1) is 12.3 Å². The molecule has 1 aromatic carbocycles. The van der Waals surface area contributed by atoms with Gasteiger partial charge in [-0.3, -0.25) is 0 Å². The molecule has 1 unspecified atom stereocenters. The molecule has 0 spiro atoms. The number of terminal acetylenes is 1. The number of rotatable bonds is 7. The average molecular weight is 229 g/mol. The highest BCUT2D eigenvalue weighted by atomic mass is 14.9. The van der Waals surface area contributed by atoms with Gasteiger partial charge in [-0.25, -0.2) is 0 Å². The molecule has 0 aliphatic rings. The fourth-order valence-electron chi connectivity index (χ4n) is 1.92. The van der Waals surface area contributed by atoms with Gasteiger partial charge in [0.1, 0.15) is 0 Å². The molecule has 1 aromatic rings. The standard InChI is InChI=1S/C16H23N/c1-4-5-9-16(13-17-12-14(2)3)15-10-7-6-8-11-15/h1,6-8,10-11,14,16-17H,5,9,12-13H2,2-3H3. The van der Waals surface area contributed by atoms with Crippen LogP contribution in [0, 0.1) is 18.3 Å². The van der Waals surface area contributed by atoms with Crippen LogP contribution in [0.1, 0.15) is 38.2 Å². The molecule has 0 bridgehead atoms. The predicted octanol–water partition coefficient (Wildman–Crippen LogP) is 3.43. The SMILES string of the molecule is C#CCCC(CNCC(C)C)c1ccccc1. The Kier molecular flexibility index (Phi) is 6.43. The van der Waals surface area contributed by atoms with Crippen LogP contribution in [0.25, 0.3) is 0 Å². The van der Waals surface area contributed by atoms with Crippen molar-refractivity contribution in [2.45, 2.75) is 32.6 Å². The molecular formula is C16H23N. The van der Waals surface area contributed by atoms with E-state index in [0.717, 1.165) is 25.9 Å². The molecule has 0 amide bonds. The molecular weight excluding hydrogens is 206 g/mol. The van der Waals surface area contributed by atoms with Gasteiger partial charge in [0.15, 0.2) is 0 Å². The van der Waals surface area contributed by atoms with Crippen LogP contribution in [-0.2, 0) is 0 Å². The second kappa shape index (κ2) is 7.92. The number of hydrogen-bond acceptors (Lipinski definition) is 1. The molecule has 0 aromatic heterocycles. The molecule has 1 atom stereocenters. The highest BCUT2D eigenvalue weighted by molar-refractivity contribution is 5.20. The van der Waals surface area contributed by atoms with Crippen molar-refractivity contribution in [3.8, 4) is 12.3 Å². The zero-order chi connectivity index (χ0) is 12.5. The Morgan fingerprint density at radius 2 is 1.88 bits per heavy atom. The van der Waals surface area contributed by atoms with E-state index in [0.29, 0.717) is 11.8 Å². The minimum Gasteiger partial charge on any atom is -0.316 e. The van der Waals surface area contributed by atoms with Gasteiger partial charge in [0.25, 0.3) is 0 Å². The first-order valence-corrected chi connectivity index (χ1v) is 6.43. The van der Waals surface area contributed by atoms with Gasteiger partial charge in [0.2, 0.25) is 0 Å². The first-order chi connectivity index (χ1) is 8.24. The smallest absolute Gasteiger partial charge is 0.00923 e. The molecule has 0 heterocycles. The third-order valence-electron chi connectivity index (χ3n) is 2.85. The third kappa shape index (κ3) is 5.56. The number of nitrogens with one attached hydrogen (secondary N) is 1. The van der Waals surface area contributed by atoms with Crippen molar-refractivity contribution in [1.29, 1.82) is 0 Å². The quantitative estimate of drug-likeness (QED) is 0.706. The van der Waals surface area contributed by atoms with Crippen molar-refractivity contribution in [2.24, 2.45) is 5.92 Å². The topological polar surface area (TPSA) is 12.0 Å². The van der Waals surface area contributed by atoms with Crippen molar-refractivity contribution in [2.75, 3.05) is 13.1 Å². The van der Waals surface area contributed by atoms with E-state index in [-0.39, 0.29) is 0 Å². The molecule has 0 saturated carbocycles. The molecule has 1 rings (SSSR count). The van der Waals surface area contributed by atoms with Crippen LogP contribution in [0.3, 0.4) is 0 Å². The zero-order valence-electron chi connectivity index (χ0n) is 10.9. The maximum absolute atomic E-state index is 5.36. The molecule has 92 valence electrons. The summed E-state index contributed by atoms with van der Waals surface area (Å²) < 4.78 is 0. The van der Waals surface area contributed by atoms with Gasteiger partial charge in [-0.1, -0.05) is 44.2 Å². The summed E-state index contributed by atoms with van der Waals surface area (Å²) in [5.41, 5.74) is 1.39. The van der Waals surface area contributed by atoms with E-state index in [1.165, 1.54) is 5.56 Å². The highest BCUT2D eigenvalue weighted by Crippen LogP contribution is 2.20. The fourth-order valence-corrected chi connectivity index (χ4v) is 1.92. The third-order valence-corrected chi connectivity index (χ3v) is 2.85. The van der Waals surface area contributed by atoms with Gasteiger partial charge < -0.3 is 5.32 Å². The van der Waals surface area contributed by atoms with Crippen molar-refractivity contribution < 1.29 is 0 Å². The molecule has 17 heavy (non-hydrogen) atoms. The van der Waals surface area contributed by atoms with Crippen LogP contribution < -0.4 is 5.32 Å². The Bertz CT molecular complexity index is 334. The molecule has 1 heteroatoms. The summed E-state index contributed by atoms with van der Waals surface area (Å²) in [6.07, 6.45) is 7.27. The van der Waals surface area contributed by atoms with Crippen molar-refractivity contribution in [3.05, 3.63) is 35.9 Å². The minimum absolute atomic E-state index is 0.533. The molecule has 0 saturated heterocycles. The summed E-state index contributed by atoms with van der Waals surface area (Å²) in [5.74, 6) is 3.97. The average Bonchev–Trinajstić information content (AvgIpc) is 2.34. The van der Waals surface area contributed by atoms with Gasteiger partial charge in [0.05, 0.1) is 0 Å². The van der Waals surface area contributed by atoms with Crippen LogP contribution in [0.15, 0.2) is 30.3 Å². The largest absolute Gasteiger partial charge is 0.316 e. The lowest BCUT2D eigenvalue weighted by Gasteiger charge is -2.18. The summed E-state index contributed by atoms with van der Waals surface area (Å²) >= 11 is 0.